The number of carbonyl (C=O) groups is 1. The van der Waals surface area contributed by atoms with E-state index in [1.807, 2.05) is 23.1 Å². The maximum atomic E-state index is 12.8. The highest BCUT2D eigenvalue weighted by atomic mass is 32.1. The van der Waals surface area contributed by atoms with Gasteiger partial charge in [-0.25, -0.2) is 0 Å². The zero-order valence-corrected chi connectivity index (χ0v) is 12.7. The molecule has 0 radical (unpaired) electrons. The van der Waals surface area contributed by atoms with Gasteiger partial charge < -0.3 is 4.90 Å². The summed E-state index contributed by atoms with van der Waals surface area (Å²) in [5.41, 5.74) is 2.37. The van der Waals surface area contributed by atoms with Crippen molar-refractivity contribution in [2.24, 2.45) is 0 Å². The molecule has 2 aromatic rings. The number of carbonyl (C=O) groups excluding carboxylic acids is 1. The molecule has 2 aromatic heterocycles. The third-order valence-corrected chi connectivity index (χ3v) is 5.49. The Morgan fingerprint density at radius 3 is 2.95 bits per heavy atom. The van der Waals surface area contributed by atoms with Gasteiger partial charge in [0.2, 0.25) is 0 Å². The van der Waals surface area contributed by atoms with Gasteiger partial charge in [-0.3, -0.25) is 9.78 Å². The molecule has 3 nitrogen and oxygen atoms in total. The molecule has 0 aliphatic heterocycles. The molecule has 2 heterocycles. The van der Waals surface area contributed by atoms with E-state index in [0.717, 1.165) is 36.3 Å². The number of aromatic nitrogens is 1. The van der Waals surface area contributed by atoms with Gasteiger partial charge in [0, 0.05) is 17.1 Å². The molecule has 0 saturated heterocycles. The summed E-state index contributed by atoms with van der Waals surface area (Å²) in [6, 6.07) is 8.44. The molecule has 1 fully saturated rings. The first-order valence-corrected chi connectivity index (χ1v) is 8.45. The van der Waals surface area contributed by atoms with Crippen molar-refractivity contribution in [3.05, 3.63) is 51.5 Å². The Morgan fingerprint density at radius 2 is 2.24 bits per heavy atom. The molecule has 1 saturated carbocycles. The summed E-state index contributed by atoms with van der Waals surface area (Å²) < 4.78 is 0. The monoisotopic (exact) mass is 298 g/mol. The third-order valence-electron chi connectivity index (χ3n) is 4.26. The van der Waals surface area contributed by atoms with Gasteiger partial charge in [-0.15, -0.1) is 11.3 Å². The Balaban J connectivity index is 1.57. The van der Waals surface area contributed by atoms with E-state index in [9.17, 15) is 4.79 Å². The van der Waals surface area contributed by atoms with Crippen LogP contribution in [-0.4, -0.2) is 21.8 Å². The predicted molar refractivity (Wildman–Crippen MR) is 83.5 cm³/mol. The fourth-order valence-electron chi connectivity index (χ4n) is 3.00. The molecule has 4 heteroatoms. The van der Waals surface area contributed by atoms with Gasteiger partial charge in [-0.05, 0) is 55.9 Å². The highest BCUT2D eigenvalue weighted by Gasteiger charge is 2.34. The van der Waals surface area contributed by atoms with Crippen molar-refractivity contribution < 1.29 is 4.79 Å². The fraction of sp³-hybridized carbons (Fsp3) is 0.412. The average molecular weight is 298 g/mol. The smallest absolute Gasteiger partial charge is 0.264 e. The Kier molecular flexibility index (Phi) is 3.26. The molecule has 0 spiro atoms. The first-order valence-electron chi connectivity index (χ1n) is 7.64. The van der Waals surface area contributed by atoms with E-state index in [0.29, 0.717) is 12.6 Å². The van der Waals surface area contributed by atoms with E-state index in [1.54, 1.807) is 17.5 Å². The molecular formula is C17H18N2OS. The van der Waals surface area contributed by atoms with E-state index in [1.165, 1.54) is 16.9 Å². The lowest BCUT2D eigenvalue weighted by atomic mass is 10.2. The first-order chi connectivity index (χ1) is 10.3. The largest absolute Gasteiger partial charge is 0.329 e. The summed E-state index contributed by atoms with van der Waals surface area (Å²) in [4.78, 5) is 21.6. The van der Waals surface area contributed by atoms with Gasteiger partial charge in [-0.1, -0.05) is 6.07 Å². The Morgan fingerprint density at radius 1 is 1.33 bits per heavy atom. The van der Waals surface area contributed by atoms with Gasteiger partial charge in [0.1, 0.15) is 0 Å². The molecule has 0 bridgehead atoms. The van der Waals surface area contributed by atoms with Crippen LogP contribution in [0.5, 0.6) is 0 Å². The summed E-state index contributed by atoms with van der Waals surface area (Å²) in [6.45, 7) is 0.632. The quantitative estimate of drug-likeness (QED) is 0.866. The Labute approximate surface area is 128 Å². The zero-order chi connectivity index (χ0) is 14.2. The molecule has 2 aliphatic carbocycles. The number of fused-ring (bicyclic) bond motifs is 1. The van der Waals surface area contributed by atoms with Crippen LogP contribution in [0.1, 0.15) is 45.1 Å². The van der Waals surface area contributed by atoms with Crippen molar-refractivity contribution in [2.45, 2.75) is 44.7 Å². The normalized spacial score (nSPS) is 16.8. The SMILES string of the molecule is O=C(c1cc2c(s1)CCC2)N(Cc1ccccn1)C1CC1. The minimum Gasteiger partial charge on any atom is -0.329 e. The Bertz CT molecular complexity index is 639. The van der Waals surface area contributed by atoms with Crippen LogP contribution >= 0.6 is 11.3 Å². The van der Waals surface area contributed by atoms with Crippen molar-refractivity contribution >= 4 is 17.2 Å². The van der Waals surface area contributed by atoms with Crippen molar-refractivity contribution in [3.8, 4) is 0 Å². The zero-order valence-electron chi connectivity index (χ0n) is 11.9. The van der Waals surface area contributed by atoms with Crippen LogP contribution < -0.4 is 0 Å². The minimum atomic E-state index is 0.197. The van der Waals surface area contributed by atoms with E-state index in [-0.39, 0.29) is 5.91 Å². The van der Waals surface area contributed by atoms with Crippen LogP contribution in [0.3, 0.4) is 0 Å². The van der Waals surface area contributed by atoms with Crippen LogP contribution in [0.25, 0.3) is 0 Å². The van der Waals surface area contributed by atoms with Crippen LogP contribution in [-0.2, 0) is 19.4 Å². The summed E-state index contributed by atoms with van der Waals surface area (Å²) in [5, 5.41) is 0. The summed E-state index contributed by atoms with van der Waals surface area (Å²) in [6.07, 6.45) is 7.59. The van der Waals surface area contributed by atoms with Gasteiger partial charge in [-0.2, -0.15) is 0 Å². The molecule has 108 valence electrons. The topological polar surface area (TPSA) is 33.2 Å². The van der Waals surface area contributed by atoms with Crippen molar-refractivity contribution in [1.29, 1.82) is 0 Å². The number of aryl methyl sites for hydroxylation is 2. The second kappa shape index (κ2) is 5.26. The summed E-state index contributed by atoms with van der Waals surface area (Å²) >= 11 is 1.70. The predicted octanol–water partition coefficient (Wildman–Crippen LogP) is 3.44. The number of thiophene rings is 1. The molecule has 0 atom stereocenters. The molecule has 21 heavy (non-hydrogen) atoms. The maximum absolute atomic E-state index is 12.8. The molecule has 4 rings (SSSR count). The van der Waals surface area contributed by atoms with Crippen molar-refractivity contribution in [2.75, 3.05) is 0 Å². The maximum Gasteiger partial charge on any atom is 0.264 e. The minimum absolute atomic E-state index is 0.197. The van der Waals surface area contributed by atoms with Crippen LogP contribution in [0.4, 0.5) is 0 Å². The number of hydrogen-bond donors (Lipinski definition) is 0. The standard InChI is InChI=1S/C17H18N2OS/c20-17(16-10-12-4-3-6-15(12)21-16)19(14-7-8-14)11-13-5-1-2-9-18-13/h1-2,5,9-10,14H,3-4,6-8,11H2. The third kappa shape index (κ3) is 2.60. The second-order valence-corrected chi connectivity index (χ2v) is 7.03. The molecule has 1 amide bonds. The molecule has 0 aromatic carbocycles. The highest BCUT2D eigenvalue weighted by molar-refractivity contribution is 7.14. The number of pyridine rings is 1. The van der Waals surface area contributed by atoms with Crippen LogP contribution in [0.2, 0.25) is 0 Å². The van der Waals surface area contributed by atoms with Crippen LogP contribution in [0.15, 0.2) is 30.5 Å². The second-order valence-electron chi connectivity index (χ2n) is 5.90. The van der Waals surface area contributed by atoms with Gasteiger partial charge >= 0.3 is 0 Å². The lowest BCUT2D eigenvalue weighted by Gasteiger charge is -2.21. The fourth-order valence-corrected chi connectivity index (χ4v) is 4.20. The Hall–Kier alpha value is -1.68. The van der Waals surface area contributed by atoms with E-state index < -0.39 is 0 Å². The number of rotatable bonds is 4. The van der Waals surface area contributed by atoms with Gasteiger partial charge in [0.15, 0.2) is 0 Å². The van der Waals surface area contributed by atoms with Gasteiger partial charge in [0.05, 0.1) is 17.1 Å². The average Bonchev–Trinajstić information content (AvgIpc) is 3.11. The molecule has 0 N–H and O–H groups in total. The molecule has 0 unspecified atom stereocenters. The van der Waals surface area contributed by atoms with E-state index in [4.69, 9.17) is 0 Å². The van der Waals surface area contributed by atoms with Crippen molar-refractivity contribution in [3.63, 3.8) is 0 Å². The molecular weight excluding hydrogens is 280 g/mol. The molecule has 2 aliphatic rings. The number of amides is 1. The number of nitrogens with zero attached hydrogens (tertiary/aromatic N) is 2. The summed E-state index contributed by atoms with van der Waals surface area (Å²) in [7, 11) is 0. The van der Waals surface area contributed by atoms with Gasteiger partial charge in [0.25, 0.3) is 5.91 Å². The first kappa shape index (κ1) is 13.0. The number of hydrogen-bond acceptors (Lipinski definition) is 3. The summed E-state index contributed by atoms with van der Waals surface area (Å²) in [5.74, 6) is 0.197. The van der Waals surface area contributed by atoms with E-state index in [2.05, 4.69) is 11.1 Å². The van der Waals surface area contributed by atoms with Crippen LogP contribution in [0, 0.1) is 0 Å². The highest BCUT2D eigenvalue weighted by Crippen LogP contribution is 2.34. The van der Waals surface area contributed by atoms with E-state index >= 15 is 0 Å². The lowest BCUT2D eigenvalue weighted by Crippen LogP contribution is -2.32. The lowest BCUT2D eigenvalue weighted by molar-refractivity contribution is 0.0732. The van der Waals surface area contributed by atoms with Crippen molar-refractivity contribution in [1.82, 2.24) is 9.88 Å².